The largest absolute Gasteiger partial charge is 0.489 e. The summed E-state index contributed by atoms with van der Waals surface area (Å²) >= 11 is 2.94. The van der Waals surface area contributed by atoms with Crippen LogP contribution in [0.2, 0.25) is 0 Å². The molecular weight excluding hydrogens is 480 g/mol. The molecule has 1 aliphatic carbocycles. The number of aromatic nitrogens is 2. The van der Waals surface area contributed by atoms with Gasteiger partial charge < -0.3 is 10.1 Å². The van der Waals surface area contributed by atoms with E-state index in [0.717, 1.165) is 20.8 Å². The second-order valence-electron chi connectivity index (χ2n) is 8.88. The van der Waals surface area contributed by atoms with Crippen molar-refractivity contribution in [2.24, 2.45) is 4.99 Å². The van der Waals surface area contributed by atoms with E-state index in [4.69, 9.17) is 9.73 Å². The van der Waals surface area contributed by atoms with Crippen LogP contribution in [0.25, 0.3) is 10.2 Å². The average Bonchev–Trinajstić information content (AvgIpc) is 3.15. The summed E-state index contributed by atoms with van der Waals surface area (Å²) in [7, 11) is 0. The molecule has 2 aliphatic rings. The fourth-order valence-corrected chi connectivity index (χ4v) is 6.82. The Morgan fingerprint density at radius 3 is 2.74 bits per heavy atom. The van der Waals surface area contributed by atoms with Crippen LogP contribution in [0.5, 0.6) is 5.75 Å². The minimum absolute atomic E-state index is 0.0705. The maximum absolute atomic E-state index is 13.2. The van der Waals surface area contributed by atoms with E-state index in [1.54, 1.807) is 23.6 Å². The van der Waals surface area contributed by atoms with Gasteiger partial charge in [-0.05, 0) is 30.7 Å². The molecule has 0 bridgehead atoms. The lowest BCUT2D eigenvalue weighted by molar-refractivity contribution is -0.121. The fraction of sp³-hybridized carbons (Fsp3) is 0.231. The van der Waals surface area contributed by atoms with Gasteiger partial charge in [0.25, 0.3) is 5.56 Å². The van der Waals surface area contributed by atoms with E-state index >= 15 is 0 Å². The van der Waals surface area contributed by atoms with Crippen LogP contribution in [-0.4, -0.2) is 30.9 Å². The second kappa shape index (κ2) is 8.35. The van der Waals surface area contributed by atoms with E-state index in [1.165, 1.54) is 22.4 Å². The molecule has 2 aromatic heterocycles. The van der Waals surface area contributed by atoms with Gasteiger partial charge in [-0.15, -0.1) is 11.3 Å². The van der Waals surface area contributed by atoms with Gasteiger partial charge >= 0.3 is 0 Å². The number of thioether (sulfide) groups is 1. The number of rotatable bonds is 6. The van der Waals surface area contributed by atoms with Gasteiger partial charge in [-0.3, -0.25) is 19.1 Å². The number of para-hydroxylation sites is 1. The Morgan fingerprint density at radius 1 is 1.14 bits per heavy atom. The molecule has 6 rings (SSSR count). The molecule has 1 N–H and O–H groups in total. The number of amides is 1. The van der Waals surface area contributed by atoms with Gasteiger partial charge in [-0.25, -0.2) is 4.98 Å². The zero-order valence-electron chi connectivity index (χ0n) is 18.9. The molecule has 176 valence electrons. The lowest BCUT2D eigenvalue weighted by Crippen LogP contribution is -2.37. The molecule has 2 atom stereocenters. The monoisotopic (exact) mass is 502 g/mol. The molecule has 0 radical (unpaired) electrons. The van der Waals surface area contributed by atoms with Crippen molar-refractivity contribution >= 4 is 44.4 Å². The fourth-order valence-electron chi connectivity index (χ4n) is 4.32. The lowest BCUT2D eigenvalue weighted by Gasteiger charge is -2.14. The first-order valence-corrected chi connectivity index (χ1v) is 12.9. The Morgan fingerprint density at radius 2 is 1.94 bits per heavy atom. The number of aliphatic imine (C=N–C) groups is 1. The van der Waals surface area contributed by atoms with Crippen molar-refractivity contribution in [3.8, 4) is 5.75 Å². The summed E-state index contributed by atoms with van der Waals surface area (Å²) in [6.07, 6.45) is 2.31. The molecule has 4 aromatic rings. The Bertz CT molecular complexity index is 1500. The van der Waals surface area contributed by atoms with Gasteiger partial charge in [0.05, 0.1) is 22.3 Å². The first kappa shape index (κ1) is 22.1. The van der Waals surface area contributed by atoms with Crippen molar-refractivity contribution in [2.75, 3.05) is 0 Å². The SMILES string of the molecule is CC12CC1(C(=O)NCc1nc3ccccc3s1)SC(n1ccc(OCc3ccccc3)cc1=O)=N2. The highest BCUT2D eigenvalue weighted by molar-refractivity contribution is 8.16. The summed E-state index contributed by atoms with van der Waals surface area (Å²) in [6.45, 7) is 2.72. The third-order valence-corrected chi connectivity index (χ3v) is 9.02. The molecule has 2 unspecified atom stereocenters. The molecule has 3 heterocycles. The van der Waals surface area contributed by atoms with Crippen LogP contribution >= 0.6 is 23.1 Å². The number of fused-ring (bicyclic) bond motifs is 2. The van der Waals surface area contributed by atoms with Crippen molar-refractivity contribution < 1.29 is 9.53 Å². The Kier molecular flexibility index (Phi) is 5.26. The number of pyridine rings is 1. The number of hydrogen-bond acceptors (Lipinski definition) is 7. The van der Waals surface area contributed by atoms with Gasteiger partial charge in [0.15, 0.2) is 5.17 Å². The number of benzene rings is 2. The second-order valence-corrected chi connectivity index (χ2v) is 11.3. The smallest absolute Gasteiger partial charge is 0.260 e. The summed E-state index contributed by atoms with van der Waals surface area (Å²) in [5.41, 5.74) is 1.20. The molecular formula is C26H22N4O3S2. The molecule has 1 fully saturated rings. The average molecular weight is 503 g/mol. The van der Waals surface area contributed by atoms with E-state index in [9.17, 15) is 9.59 Å². The van der Waals surface area contributed by atoms with Crippen LogP contribution in [-0.2, 0) is 17.9 Å². The molecule has 2 aromatic carbocycles. The van der Waals surface area contributed by atoms with E-state index in [-0.39, 0.29) is 11.5 Å². The van der Waals surface area contributed by atoms with Crippen molar-refractivity contribution in [3.63, 3.8) is 0 Å². The summed E-state index contributed by atoms with van der Waals surface area (Å²) < 4.78 is 7.66. The minimum Gasteiger partial charge on any atom is -0.489 e. The van der Waals surface area contributed by atoms with Crippen LogP contribution in [0.1, 0.15) is 23.9 Å². The molecule has 1 amide bonds. The zero-order chi connectivity index (χ0) is 24.0. The van der Waals surface area contributed by atoms with Crippen LogP contribution < -0.4 is 15.6 Å². The van der Waals surface area contributed by atoms with Crippen molar-refractivity contribution in [2.45, 2.75) is 36.8 Å². The van der Waals surface area contributed by atoms with Crippen LogP contribution in [0.4, 0.5) is 0 Å². The number of carbonyl (C=O) groups excluding carboxylic acids is 1. The number of ether oxygens (including phenoxy) is 1. The highest BCUT2D eigenvalue weighted by Crippen LogP contribution is 2.64. The van der Waals surface area contributed by atoms with E-state index in [0.29, 0.717) is 30.5 Å². The summed E-state index contributed by atoms with van der Waals surface area (Å²) in [4.78, 5) is 35.4. The molecule has 35 heavy (non-hydrogen) atoms. The van der Waals surface area contributed by atoms with Crippen molar-refractivity contribution in [1.29, 1.82) is 0 Å². The van der Waals surface area contributed by atoms with Gasteiger partial charge in [0, 0.05) is 18.7 Å². The van der Waals surface area contributed by atoms with Gasteiger partial charge in [-0.2, -0.15) is 0 Å². The number of nitrogens with one attached hydrogen (secondary N) is 1. The minimum atomic E-state index is -0.694. The van der Waals surface area contributed by atoms with Crippen LogP contribution in [0, 0.1) is 0 Å². The molecule has 0 spiro atoms. The zero-order valence-corrected chi connectivity index (χ0v) is 20.6. The van der Waals surface area contributed by atoms with Crippen molar-refractivity contribution in [1.82, 2.24) is 14.9 Å². The predicted octanol–water partition coefficient (Wildman–Crippen LogP) is 4.21. The summed E-state index contributed by atoms with van der Waals surface area (Å²) in [6, 6.07) is 20.9. The number of nitrogens with zero attached hydrogens (tertiary/aromatic N) is 3. The number of carbonyl (C=O) groups is 1. The number of thiazole rings is 1. The summed E-state index contributed by atoms with van der Waals surface area (Å²) in [5, 5.41) is 4.45. The van der Waals surface area contributed by atoms with Gasteiger partial charge in [0.1, 0.15) is 22.1 Å². The Labute approximate surface area is 209 Å². The maximum Gasteiger partial charge on any atom is 0.260 e. The molecule has 1 aliphatic heterocycles. The third kappa shape index (κ3) is 3.94. The predicted molar refractivity (Wildman–Crippen MR) is 139 cm³/mol. The lowest BCUT2D eigenvalue weighted by atomic mass is 10.2. The first-order chi connectivity index (χ1) is 17.0. The number of hydrogen-bond donors (Lipinski definition) is 1. The molecule has 7 nitrogen and oxygen atoms in total. The molecule has 1 saturated carbocycles. The quantitative estimate of drug-likeness (QED) is 0.427. The normalized spacial score (nSPS) is 22.5. The van der Waals surface area contributed by atoms with Crippen LogP contribution in [0.3, 0.4) is 0 Å². The van der Waals surface area contributed by atoms with Crippen LogP contribution in [0.15, 0.2) is 82.7 Å². The van der Waals surface area contributed by atoms with E-state index in [2.05, 4.69) is 10.3 Å². The third-order valence-electron chi connectivity index (χ3n) is 6.40. The molecule has 0 saturated heterocycles. The first-order valence-electron chi connectivity index (χ1n) is 11.3. The van der Waals surface area contributed by atoms with E-state index in [1.807, 2.05) is 61.5 Å². The molecule has 9 heteroatoms. The summed E-state index contributed by atoms with van der Waals surface area (Å²) in [5.74, 6) is 0.428. The van der Waals surface area contributed by atoms with Gasteiger partial charge in [0.2, 0.25) is 5.91 Å². The Balaban J connectivity index is 1.13. The van der Waals surface area contributed by atoms with Crippen molar-refractivity contribution in [3.05, 3.63) is 93.9 Å². The topological polar surface area (TPSA) is 85.6 Å². The standard InChI is InChI=1S/C26H22N4O3S2/c1-25-16-26(25,23(32)27-14-21-28-19-9-5-6-10-20(19)34-21)35-24(29-25)30-12-11-18(13-22(30)31)33-15-17-7-3-2-4-8-17/h2-13H,14-16H2,1H3,(H,27,32). The highest BCUT2D eigenvalue weighted by atomic mass is 32.2. The Hall–Kier alpha value is -3.43. The van der Waals surface area contributed by atoms with Gasteiger partial charge in [-0.1, -0.05) is 54.2 Å². The van der Waals surface area contributed by atoms with E-state index < -0.39 is 10.3 Å². The highest BCUT2D eigenvalue weighted by Gasteiger charge is 2.74. The maximum atomic E-state index is 13.2.